The van der Waals surface area contributed by atoms with Crippen LogP contribution < -0.4 is 5.32 Å². The number of aryl methyl sites for hydroxylation is 1. The minimum Gasteiger partial charge on any atom is -0.352 e. The van der Waals surface area contributed by atoms with Crippen molar-refractivity contribution in [3.05, 3.63) is 35.4 Å². The van der Waals surface area contributed by atoms with E-state index < -0.39 is 5.79 Å². The Balaban J connectivity index is 1.50. The third-order valence-corrected chi connectivity index (χ3v) is 6.08. The summed E-state index contributed by atoms with van der Waals surface area (Å²) in [4.78, 5) is 15.5. The minimum absolute atomic E-state index is 0.143. The molecule has 3 aliphatic rings. The van der Waals surface area contributed by atoms with Crippen molar-refractivity contribution in [3.63, 3.8) is 0 Å². The van der Waals surface area contributed by atoms with E-state index in [-0.39, 0.29) is 11.9 Å². The van der Waals surface area contributed by atoms with Crippen LogP contribution >= 0.6 is 0 Å². The first kappa shape index (κ1) is 18.0. The predicted octanol–water partition coefficient (Wildman–Crippen LogP) is 2.93. The Morgan fingerprint density at radius 1 is 1.12 bits per heavy atom. The summed E-state index contributed by atoms with van der Waals surface area (Å²) >= 11 is 0. The molecule has 2 aliphatic heterocycles. The average molecular weight is 358 g/mol. The van der Waals surface area contributed by atoms with E-state index in [0.29, 0.717) is 19.3 Å². The summed E-state index contributed by atoms with van der Waals surface area (Å²) in [6.45, 7) is 5.08. The molecule has 1 spiro atoms. The van der Waals surface area contributed by atoms with Gasteiger partial charge in [-0.1, -0.05) is 42.7 Å². The van der Waals surface area contributed by atoms with Crippen molar-refractivity contribution in [1.29, 1.82) is 0 Å². The SMILES string of the molecule is Cc1ccc([C@@H](C(=O)NC2CCCC2)N2CCC3(CC2)OCCO3)cc1. The lowest BCUT2D eigenvalue weighted by Gasteiger charge is -2.41. The second-order valence-corrected chi connectivity index (χ2v) is 7.95. The van der Waals surface area contributed by atoms with Crippen LogP contribution in [0.2, 0.25) is 0 Å². The quantitative estimate of drug-likeness (QED) is 0.899. The summed E-state index contributed by atoms with van der Waals surface area (Å²) < 4.78 is 11.7. The average Bonchev–Trinajstić information content (AvgIpc) is 3.31. The summed E-state index contributed by atoms with van der Waals surface area (Å²) in [6.07, 6.45) is 6.31. The Morgan fingerprint density at radius 2 is 1.73 bits per heavy atom. The van der Waals surface area contributed by atoms with Gasteiger partial charge < -0.3 is 14.8 Å². The van der Waals surface area contributed by atoms with Crippen LogP contribution in [0.1, 0.15) is 55.7 Å². The highest BCUT2D eigenvalue weighted by atomic mass is 16.7. The number of rotatable bonds is 4. The van der Waals surface area contributed by atoms with Gasteiger partial charge in [0.15, 0.2) is 5.79 Å². The highest BCUT2D eigenvalue weighted by Gasteiger charge is 2.42. The Kier molecular flexibility index (Phi) is 5.30. The van der Waals surface area contributed by atoms with Crippen LogP contribution in [0.3, 0.4) is 0 Å². The maximum atomic E-state index is 13.2. The van der Waals surface area contributed by atoms with Crippen molar-refractivity contribution in [3.8, 4) is 0 Å². The van der Waals surface area contributed by atoms with E-state index in [1.807, 2.05) is 0 Å². The summed E-state index contributed by atoms with van der Waals surface area (Å²) in [5.74, 6) is -0.263. The second kappa shape index (κ2) is 7.67. The van der Waals surface area contributed by atoms with Gasteiger partial charge in [-0.15, -0.1) is 0 Å². The van der Waals surface area contributed by atoms with Crippen molar-refractivity contribution in [1.82, 2.24) is 10.2 Å². The molecule has 1 atom stereocenters. The fourth-order valence-corrected chi connectivity index (χ4v) is 4.54. The van der Waals surface area contributed by atoms with Gasteiger partial charge in [0.05, 0.1) is 13.2 Å². The van der Waals surface area contributed by atoms with E-state index >= 15 is 0 Å². The zero-order chi connectivity index (χ0) is 18.0. The lowest BCUT2D eigenvalue weighted by atomic mass is 9.97. The van der Waals surface area contributed by atoms with E-state index in [0.717, 1.165) is 44.3 Å². The third-order valence-electron chi connectivity index (χ3n) is 6.08. The largest absolute Gasteiger partial charge is 0.352 e. The van der Waals surface area contributed by atoms with Gasteiger partial charge in [-0.3, -0.25) is 9.69 Å². The minimum atomic E-state index is -0.406. The molecule has 5 heteroatoms. The highest BCUT2D eigenvalue weighted by molar-refractivity contribution is 5.83. The molecule has 1 amide bonds. The molecule has 1 saturated carbocycles. The number of nitrogens with one attached hydrogen (secondary N) is 1. The van der Waals surface area contributed by atoms with Crippen LogP contribution in [0.15, 0.2) is 24.3 Å². The van der Waals surface area contributed by atoms with Gasteiger partial charge in [0, 0.05) is 32.0 Å². The molecule has 1 aromatic rings. The molecule has 3 fully saturated rings. The van der Waals surface area contributed by atoms with Gasteiger partial charge in [-0.2, -0.15) is 0 Å². The molecule has 1 aromatic carbocycles. The van der Waals surface area contributed by atoms with Gasteiger partial charge in [0.1, 0.15) is 6.04 Å². The summed E-state index contributed by atoms with van der Waals surface area (Å²) in [5.41, 5.74) is 2.30. The number of benzene rings is 1. The summed E-state index contributed by atoms with van der Waals surface area (Å²) in [7, 11) is 0. The van der Waals surface area contributed by atoms with Crippen molar-refractivity contribution in [2.24, 2.45) is 0 Å². The molecule has 0 aromatic heterocycles. The van der Waals surface area contributed by atoms with Gasteiger partial charge in [0.2, 0.25) is 5.91 Å². The first-order valence-electron chi connectivity index (χ1n) is 10.0. The fraction of sp³-hybridized carbons (Fsp3) is 0.667. The van der Waals surface area contributed by atoms with Gasteiger partial charge >= 0.3 is 0 Å². The lowest BCUT2D eigenvalue weighted by Crippen LogP contribution is -2.50. The van der Waals surface area contributed by atoms with Crippen LogP contribution in [0.4, 0.5) is 0 Å². The van der Waals surface area contributed by atoms with Crippen LogP contribution in [0, 0.1) is 6.92 Å². The zero-order valence-electron chi connectivity index (χ0n) is 15.7. The molecule has 26 heavy (non-hydrogen) atoms. The number of amides is 1. The maximum absolute atomic E-state index is 13.2. The molecule has 4 rings (SSSR count). The van der Waals surface area contributed by atoms with E-state index in [1.165, 1.54) is 18.4 Å². The molecule has 5 nitrogen and oxygen atoms in total. The maximum Gasteiger partial charge on any atom is 0.242 e. The normalized spacial score (nSPS) is 24.8. The second-order valence-electron chi connectivity index (χ2n) is 7.95. The zero-order valence-corrected chi connectivity index (χ0v) is 15.7. The first-order chi connectivity index (χ1) is 12.7. The fourth-order valence-electron chi connectivity index (χ4n) is 4.54. The van der Waals surface area contributed by atoms with E-state index in [9.17, 15) is 4.79 Å². The molecule has 2 saturated heterocycles. The van der Waals surface area contributed by atoms with Crippen molar-refractivity contribution < 1.29 is 14.3 Å². The van der Waals surface area contributed by atoms with Crippen molar-refractivity contribution in [2.75, 3.05) is 26.3 Å². The Morgan fingerprint density at radius 3 is 2.35 bits per heavy atom. The molecule has 142 valence electrons. The number of piperidine rings is 1. The van der Waals surface area contributed by atoms with Gasteiger partial charge in [0.25, 0.3) is 0 Å². The number of hydrogen-bond donors (Lipinski definition) is 1. The Hall–Kier alpha value is -1.43. The van der Waals surface area contributed by atoms with Crippen LogP contribution in [0.5, 0.6) is 0 Å². The third kappa shape index (κ3) is 3.80. The number of nitrogens with zero attached hydrogens (tertiary/aromatic N) is 1. The number of likely N-dealkylation sites (tertiary alicyclic amines) is 1. The smallest absolute Gasteiger partial charge is 0.242 e. The molecule has 1 N–H and O–H groups in total. The monoisotopic (exact) mass is 358 g/mol. The predicted molar refractivity (Wildman–Crippen MR) is 99.8 cm³/mol. The lowest BCUT2D eigenvalue weighted by molar-refractivity contribution is -0.189. The van der Waals surface area contributed by atoms with Crippen LogP contribution in [-0.2, 0) is 14.3 Å². The molecule has 0 bridgehead atoms. The Bertz CT molecular complexity index is 609. The molecule has 0 radical (unpaired) electrons. The first-order valence-corrected chi connectivity index (χ1v) is 10.0. The van der Waals surface area contributed by atoms with Gasteiger partial charge in [-0.25, -0.2) is 0 Å². The highest BCUT2D eigenvalue weighted by Crippen LogP contribution is 2.35. The van der Waals surface area contributed by atoms with Crippen LogP contribution in [-0.4, -0.2) is 48.9 Å². The summed E-state index contributed by atoms with van der Waals surface area (Å²) in [6, 6.07) is 8.50. The number of carbonyl (C=O) groups is 1. The molecular formula is C21H30N2O3. The molecule has 0 unspecified atom stereocenters. The van der Waals surface area contributed by atoms with E-state index in [2.05, 4.69) is 41.4 Å². The van der Waals surface area contributed by atoms with Crippen molar-refractivity contribution in [2.45, 2.75) is 63.3 Å². The summed E-state index contributed by atoms with van der Waals surface area (Å²) in [5, 5.41) is 3.31. The Labute approximate surface area is 156 Å². The standard InChI is InChI=1S/C21H30N2O3/c1-16-6-8-17(9-7-16)19(20(24)22-18-4-2-3-5-18)23-12-10-21(11-13-23)25-14-15-26-21/h6-9,18-19H,2-5,10-15H2,1H3,(H,22,24)/t19-/m0/s1. The van der Waals surface area contributed by atoms with Crippen molar-refractivity contribution >= 4 is 5.91 Å². The van der Waals surface area contributed by atoms with Gasteiger partial charge in [-0.05, 0) is 25.3 Å². The van der Waals surface area contributed by atoms with E-state index in [4.69, 9.17) is 9.47 Å². The van der Waals surface area contributed by atoms with E-state index in [1.54, 1.807) is 0 Å². The number of hydrogen-bond acceptors (Lipinski definition) is 4. The number of ether oxygens (including phenoxy) is 2. The molecular weight excluding hydrogens is 328 g/mol. The number of carbonyl (C=O) groups excluding carboxylic acids is 1. The topological polar surface area (TPSA) is 50.8 Å². The molecule has 2 heterocycles. The molecule has 1 aliphatic carbocycles. The van der Waals surface area contributed by atoms with Crippen LogP contribution in [0.25, 0.3) is 0 Å².